The van der Waals surface area contributed by atoms with Crippen LogP contribution >= 0.6 is 0 Å². The molecule has 0 radical (unpaired) electrons. The van der Waals surface area contributed by atoms with Crippen molar-refractivity contribution >= 4 is 27.7 Å². The van der Waals surface area contributed by atoms with Crippen LogP contribution in [-0.2, 0) is 23.9 Å². The Labute approximate surface area is 115 Å². The Balaban J connectivity index is 2.08. The van der Waals surface area contributed by atoms with Crippen LogP contribution in [0.1, 0.15) is 12.8 Å². The van der Waals surface area contributed by atoms with Crippen molar-refractivity contribution in [1.82, 2.24) is 0 Å². The third-order valence-corrected chi connectivity index (χ3v) is 3.36. The third kappa shape index (κ3) is 3.13. The van der Waals surface area contributed by atoms with Gasteiger partial charge in [0.2, 0.25) is 5.91 Å². The largest absolute Gasteiger partial charge is 0.345 e. The Hall–Kier alpha value is -1.96. The van der Waals surface area contributed by atoms with Gasteiger partial charge < -0.3 is 9.50 Å². The van der Waals surface area contributed by atoms with E-state index >= 15 is 0 Å². The van der Waals surface area contributed by atoms with Crippen molar-refractivity contribution in [2.24, 2.45) is 5.41 Å². The molecular formula is C12H12FNO5S. The van der Waals surface area contributed by atoms with Crippen LogP contribution in [0.15, 0.2) is 24.3 Å². The molecule has 1 aliphatic carbocycles. The van der Waals surface area contributed by atoms with Crippen LogP contribution in [0.4, 0.5) is 10.1 Å². The van der Waals surface area contributed by atoms with E-state index < -0.39 is 33.2 Å². The zero-order chi connectivity index (χ0) is 15.0. The lowest BCUT2D eigenvalue weighted by atomic mass is 10.1. The lowest BCUT2D eigenvalue weighted by molar-refractivity contribution is -0.144. The summed E-state index contributed by atoms with van der Waals surface area (Å²) in [6, 6.07) is 4.99. The zero-order valence-electron chi connectivity index (χ0n) is 10.6. The zero-order valence-corrected chi connectivity index (χ0v) is 11.4. The first-order valence-electron chi connectivity index (χ1n) is 5.74. The van der Waals surface area contributed by atoms with Crippen molar-refractivity contribution in [2.45, 2.75) is 12.8 Å². The van der Waals surface area contributed by atoms with Gasteiger partial charge in [0.05, 0.1) is 6.26 Å². The van der Waals surface area contributed by atoms with Gasteiger partial charge in [-0.1, -0.05) is 0 Å². The van der Waals surface area contributed by atoms with E-state index in [1.165, 1.54) is 12.1 Å². The van der Waals surface area contributed by atoms with Crippen LogP contribution < -0.4 is 5.32 Å². The number of amides is 1. The number of anilines is 1. The molecule has 0 aromatic heterocycles. The minimum Gasteiger partial charge on any atom is -0.345 e. The molecule has 1 aromatic carbocycles. The van der Waals surface area contributed by atoms with Gasteiger partial charge in [-0.25, -0.2) is 9.18 Å². The molecule has 2 rings (SSSR count). The molecule has 1 fully saturated rings. The summed E-state index contributed by atoms with van der Waals surface area (Å²) in [6.07, 6.45) is 1.17. The highest BCUT2D eigenvalue weighted by Crippen LogP contribution is 2.48. The van der Waals surface area contributed by atoms with E-state index in [0.717, 1.165) is 18.4 Å². The minimum absolute atomic E-state index is 0.217. The van der Waals surface area contributed by atoms with Gasteiger partial charge in [-0.2, -0.15) is 8.42 Å². The molecule has 20 heavy (non-hydrogen) atoms. The van der Waals surface area contributed by atoms with Gasteiger partial charge in [0, 0.05) is 5.69 Å². The van der Waals surface area contributed by atoms with Crippen LogP contribution in [0, 0.1) is 11.2 Å². The summed E-state index contributed by atoms with van der Waals surface area (Å²) in [6.45, 7) is 0. The standard InChI is InChI=1S/C12H12FNO5S/c1-20(17,18)19-11(16)12(6-7-12)10(15)14-9-4-2-8(13)3-5-9/h2-5H,6-7H2,1H3,(H,14,15). The van der Waals surface area contributed by atoms with E-state index in [9.17, 15) is 22.4 Å². The van der Waals surface area contributed by atoms with Gasteiger partial charge >= 0.3 is 16.1 Å². The van der Waals surface area contributed by atoms with E-state index in [1.54, 1.807) is 0 Å². The second-order valence-electron chi connectivity index (χ2n) is 4.62. The highest BCUT2D eigenvalue weighted by Gasteiger charge is 2.59. The van der Waals surface area contributed by atoms with E-state index in [4.69, 9.17) is 0 Å². The predicted molar refractivity (Wildman–Crippen MR) is 67.6 cm³/mol. The van der Waals surface area contributed by atoms with E-state index in [0.29, 0.717) is 5.69 Å². The quantitative estimate of drug-likeness (QED) is 0.663. The Morgan fingerprint density at radius 3 is 2.25 bits per heavy atom. The van der Waals surface area contributed by atoms with E-state index in [2.05, 4.69) is 9.50 Å². The maximum Gasteiger partial charge on any atom is 0.337 e. The van der Waals surface area contributed by atoms with Crippen molar-refractivity contribution < 1.29 is 26.6 Å². The molecule has 0 aliphatic heterocycles. The van der Waals surface area contributed by atoms with Crippen LogP contribution in [-0.4, -0.2) is 26.6 Å². The van der Waals surface area contributed by atoms with Gasteiger partial charge in [-0.05, 0) is 37.1 Å². The highest BCUT2D eigenvalue weighted by molar-refractivity contribution is 7.86. The number of carbonyl (C=O) groups excluding carboxylic acids is 2. The maximum absolute atomic E-state index is 12.7. The Kier molecular flexibility index (Phi) is 3.51. The topological polar surface area (TPSA) is 89.5 Å². The number of rotatable bonds is 4. The molecule has 1 aromatic rings. The fourth-order valence-electron chi connectivity index (χ4n) is 1.65. The Morgan fingerprint density at radius 1 is 1.25 bits per heavy atom. The molecule has 8 heteroatoms. The highest BCUT2D eigenvalue weighted by atomic mass is 32.2. The predicted octanol–water partition coefficient (Wildman–Crippen LogP) is 1.05. The fraction of sp³-hybridized carbons (Fsp3) is 0.333. The van der Waals surface area contributed by atoms with Crippen molar-refractivity contribution in [3.8, 4) is 0 Å². The van der Waals surface area contributed by atoms with Gasteiger partial charge in [0.15, 0.2) is 0 Å². The first-order valence-corrected chi connectivity index (χ1v) is 7.55. The summed E-state index contributed by atoms with van der Waals surface area (Å²) < 4.78 is 38.8. The van der Waals surface area contributed by atoms with Crippen molar-refractivity contribution in [3.63, 3.8) is 0 Å². The number of hydrogen-bond donors (Lipinski definition) is 1. The van der Waals surface area contributed by atoms with Crippen LogP contribution in [0.25, 0.3) is 0 Å². The molecular weight excluding hydrogens is 289 g/mol. The van der Waals surface area contributed by atoms with Crippen LogP contribution in [0.3, 0.4) is 0 Å². The Morgan fingerprint density at radius 2 is 1.80 bits per heavy atom. The van der Waals surface area contributed by atoms with Gasteiger partial charge in [0.25, 0.3) is 0 Å². The molecule has 108 valence electrons. The molecule has 0 unspecified atom stereocenters. The summed E-state index contributed by atoms with van der Waals surface area (Å²) >= 11 is 0. The second kappa shape index (κ2) is 4.86. The Bertz CT molecular complexity index is 649. The minimum atomic E-state index is -3.96. The van der Waals surface area contributed by atoms with Crippen LogP contribution in [0.5, 0.6) is 0 Å². The summed E-state index contributed by atoms with van der Waals surface area (Å²) in [5, 5.41) is 2.44. The summed E-state index contributed by atoms with van der Waals surface area (Å²) in [4.78, 5) is 23.7. The molecule has 1 saturated carbocycles. The third-order valence-electron chi connectivity index (χ3n) is 2.90. The fourth-order valence-corrected chi connectivity index (χ4v) is 2.08. The molecule has 1 aliphatic rings. The van der Waals surface area contributed by atoms with Crippen molar-refractivity contribution in [1.29, 1.82) is 0 Å². The number of carbonyl (C=O) groups is 2. The van der Waals surface area contributed by atoms with Crippen molar-refractivity contribution in [2.75, 3.05) is 11.6 Å². The number of benzene rings is 1. The molecule has 6 nitrogen and oxygen atoms in total. The SMILES string of the molecule is CS(=O)(=O)OC(=O)C1(C(=O)Nc2ccc(F)cc2)CC1. The van der Waals surface area contributed by atoms with Gasteiger partial charge in [-0.3, -0.25) is 4.79 Å². The molecule has 0 bridgehead atoms. The monoisotopic (exact) mass is 301 g/mol. The first kappa shape index (κ1) is 14.4. The van der Waals surface area contributed by atoms with Gasteiger partial charge in [-0.15, -0.1) is 0 Å². The smallest absolute Gasteiger partial charge is 0.337 e. The summed E-state index contributed by atoms with van der Waals surface area (Å²) in [5.41, 5.74) is -1.15. The molecule has 0 spiro atoms. The molecule has 1 N–H and O–H groups in total. The van der Waals surface area contributed by atoms with Gasteiger partial charge in [0.1, 0.15) is 11.2 Å². The lowest BCUT2D eigenvalue weighted by Crippen LogP contribution is -2.34. The molecule has 1 amide bonds. The average molecular weight is 301 g/mol. The summed E-state index contributed by atoms with van der Waals surface area (Å²) in [7, 11) is -3.96. The molecule has 0 heterocycles. The first-order chi connectivity index (χ1) is 9.23. The second-order valence-corrected chi connectivity index (χ2v) is 6.19. The normalized spacial score (nSPS) is 16.3. The lowest BCUT2D eigenvalue weighted by Gasteiger charge is -2.13. The van der Waals surface area contributed by atoms with Crippen molar-refractivity contribution in [3.05, 3.63) is 30.1 Å². The molecule has 0 saturated heterocycles. The number of hydrogen-bond acceptors (Lipinski definition) is 5. The summed E-state index contributed by atoms with van der Waals surface area (Å²) in [5.74, 6) is -2.20. The number of nitrogens with one attached hydrogen (secondary N) is 1. The van der Waals surface area contributed by atoms with E-state index in [-0.39, 0.29) is 12.8 Å². The van der Waals surface area contributed by atoms with Crippen LogP contribution in [0.2, 0.25) is 0 Å². The maximum atomic E-state index is 12.7. The number of halogens is 1. The van der Waals surface area contributed by atoms with E-state index in [1.807, 2.05) is 0 Å². The molecule has 0 atom stereocenters. The average Bonchev–Trinajstić information content (AvgIpc) is 3.11.